The monoisotopic (exact) mass is 473 g/mol. The van der Waals surface area contributed by atoms with Crippen LogP contribution in [-0.2, 0) is 9.59 Å². The van der Waals surface area contributed by atoms with Crippen molar-refractivity contribution in [2.24, 2.45) is 4.99 Å². The first kappa shape index (κ1) is 22.7. The standard InChI is InChI=1S/C25H27N7O3/c1-17-8-10-20(11-9-17)32-21(33)16-26-23(28-32)25(34)31-14-12-30(13-15-31)18(2)24-27-22(29-35-24)19-6-4-3-5-7-19/h3-11,18H,12-16H2,1-2H3,(H,26,28). The first-order valence-corrected chi connectivity index (χ1v) is 11.6. The van der Waals surface area contributed by atoms with Gasteiger partial charge in [-0.15, -0.1) is 0 Å². The predicted octanol–water partition coefficient (Wildman–Crippen LogP) is 2.20. The van der Waals surface area contributed by atoms with Crippen molar-refractivity contribution in [3.8, 4) is 11.4 Å². The van der Waals surface area contributed by atoms with Crippen LogP contribution in [0.5, 0.6) is 0 Å². The number of hydrogen-bond acceptors (Lipinski definition) is 8. The van der Waals surface area contributed by atoms with Crippen molar-refractivity contribution in [1.29, 1.82) is 0 Å². The van der Waals surface area contributed by atoms with Crippen LogP contribution < -0.4 is 10.4 Å². The van der Waals surface area contributed by atoms with Gasteiger partial charge in [0.05, 0.1) is 11.7 Å². The number of amides is 2. The van der Waals surface area contributed by atoms with Gasteiger partial charge in [0.25, 0.3) is 11.8 Å². The molecule has 2 amide bonds. The van der Waals surface area contributed by atoms with Crippen molar-refractivity contribution in [3.63, 3.8) is 0 Å². The number of hydrazine groups is 1. The van der Waals surface area contributed by atoms with E-state index in [1.54, 1.807) is 4.90 Å². The number of carbonyl (C=O) groups excluding carboxylic acids is 2. The highest BCUT2D eigenvalue weighted by Gasteiger charge is 2.32. The number of amidine groups is 1. The molecule has 0 saturated carbocycles. The van der Waals surface area contributed by atoms with E-state index in [0.29, 0.717) is 43.6 Å². The molecule has 2 aliphatic rings. The van der Waals surface area contributed by atoms with Crippen LogP contribution in [-0.4, -0.2) is 70.3 Å². The van der Waals surface area contributed by atoms with Crippen molar-refractivity contribution in [3.05, 3.63) is 66.1 Å². The van der Waals surface area contributed by atoms with Crippen LogP contribution in [0.3, 0.4) is 0 Å². The molecule has 2 aliphatic heterocycles. The molecule has 3 aromatic rings. The summed E-state index contributed by atoms with van der Waals surface area (Å²) in [6.07, 6.45) is 0. The van der Waals surface area contributed by atoms with E-state index in [2.05, 4.69) is 25.5 Å². The number of nitrogens with one attached hydrogen (secondary N) is 1. The molecule has 1 unspecified atom stereocenters. The summed E-state index contributed by atoms with van der Waals surface area (Å²) in [4.78, 5) is 38.2. The number of carbonyl (C=O) groups is 2. The van der Waals surface area contributed by atoms with Crippen LogP contribution in [0.25, 0.3) is 11.4 Å². The number of aryl methyl sites for hydroxylation is 1. The fraction of sp³-hybridized carbons (Fsp3) is 0.320. The number of piperazine rings is 1. The molecule has 0 aliphatic carbocycles. The Labute approximate surface area is 203 Å². The van der Waals surface area contributed by atoms with Crippen LogP contribution in [0.15, 0.2) is 64.1 Å². The summed E-state index contributed by atoms with van der Waals surface area (Å²) >= 11 is 0. The fourth-order valence-corrected chi connectivity index (χ4v) is 4.17. The summed E-state index contributed by atoms with van der Waals surface area (Å²) in [6, 6.07) is 17.2. The average molecular weight is 474 g/mol. The number of anilines is 1. The Morgan fingerprint density at radius 2 is 1.74 bits per heavy atom. The minimum atomic E-state index is -0.217. The molecule has 1 saturated heterocycles. The van der Waals surface area contributed by atoms with Crippen molar-refractivity contribution in [1.82, 2.24) is 25.4 Å². The third kappa shape index (κ3) is 4.78. The molecule has 0 spiro atoms. The van der Waals surface area contributed by atoms with E-state index in [1.807, 2.05) is 68.4 Å². The third-order valence-corrected chi connectivity index (χ3v) is 6.31. The van der Waals surface area contributed by atoms with Crippen molar-refractivity contribution < 1.29 is 14.1 Å². The zero-order chi connectivity index (χ0) is 24.4. The first-order valence-electron chi connectivity index (χ1n) is 11.6. The largest absolute Gasteiger partial charge is 0.337 e. The zero-order valence-corrected chi connectivity index (χ0v) is 19.7. The highest BCUT2D eigenvalue weighted by molar-refractivity contribution is 6.39. The van der Waals surface area contributed by atoms with Gasteiger partial charge >= 0.3 is 0 Å². The van der Waals surface area contributed by atoms with E-state index in [0.717, 1.165) is 11.1 Å². The number of aromatic nitrogens is 2. The number of nitrogens with zero attached hydrogens (tertiary/aromatic N) is 6. The van der Waals surface area contributed by atoms with Gasteiger partial charge in [0.1, 0.15) is 6.54 Å². The lowest BCUT2D eigenvalue weighted by Gasteiger charge is -2.37. The molecular formula is C25H27N7O3. The highest BCUT2D eigenvalue weighted by Crippen LogP contribution is 2.23. The minimum Gasteiger partial charge on any atom is -0.337 e. The normalized spacial score (nSPS) is 17.7. The van der Waals surface area contributed by atoms with Gasteiger partial charge in [-0.2, -0.15) is 4.98 Å². The highest BCUT2D eigenvalue weighted by atomic mass is 16.5. The molecule has 1 atom stereocenters. The van der Waals surface area contributed by atoms with E-state index in [-0.39, 0.29) is 30.2 Å². The molecule has 10 nitrogen and oxygen atoms in total. The molecular weight excluding hydrogens is 446 g/mol. The van der Waals surface area contributed by atoms with E-state index in [1.165, 1.54) is 5.01 Å². The number of rotatable bonds is 5. The van der Waals surface area contributed by atoms with Gasteiger partial charge in [-0.3, -0.25) is 24.9 Å². The van der Waals surface area contributed by atoms with Crippen LogP contribution in [0.1, 0.15) is 24.4 Å². The van der Waals surface area contributed by atoms with Gasteiger partial charge < -0.3 is 9.42 Å². The molecule has 180 valence electrons. The minimum absolute atomic E-state index is 0.0696. The van der Waals surface area contributed by atoms with E-state index >= 15 is 0 Å². The molecule has 1 N–H and O–H groups in total. The summed E-state index contributed by atoms with van der Waals surface area (Å²) in [6.45, 7) is 6.31. The maximum absolute atomic E-state index is 13.1. The topological polar surface area (TPSA) is 107 Å². The van der Waals surface area contributed by atoms with Gasteiger partial charge in [-0.1, -0.05) is 53.2 Å². The van der Waals surface area contributed by atoms with E-state index < -0.39 is 0 Å². The molecule has 5 rings (SSSR count). The summed E-state index contributed by atoms with van der Waals surface area (Å²) in [7, 11) is 0. The molecule has 1 fully saturated rings. The lowest BCUT2D eigenvalue weighted by molar-refractivity contribution is -0.126. The van der Waals surface area contributed by atoms with Crippen molar-refractivity contribution in [2.75, 3.05) is 37.7 Å². The maximum atomic E-state index is 13.1. The quantitative estimate of drug-likeness (QED) is 0.605. The second-order valence-corrected chi connectivity index (χ2v) is 8.67. The summed E-state index contributed by atoms with van der Waals surface area (Å²) in [5.74, 6) is 0.866. The number of aliphatic imine (C=N–C) groups is 1. The van der Waals surface area contributed by atoms with Crippen molar-refractivity contribution >= 4 is 23.3 Å². The Morgan fingerprint density at radius 3 is 2.46 bits per heavy atom. The molecule has 2 aromatic carbocycles. The van der Waals surface area contributed by atoms with Gasteiger partial charge in [-0.25, -0.2) is 5.01 Å². The second kappa shape index (κ2) is 9.67. The number of hydrogen-bond donors (Lipinski definition) is 1. The van der Waals surface area contributed by atoms with Crippen LogP contribution in [0.2, 0.25) is 0 Å². The molecule has 3 heterocycles. The summed E-state index contributed by atoms with van der Waals surface area (Å²) in [5, 5.41) is 5.50. The Morgan fingerprint density at radius 1 is 1.03 bits per heavy atom. The molecule has 1 aromatic heterocycles. The van der Waals surface area contributed by atoms with Crippen LogP contribution in [0.4, 0.5) is 5.69 Å². The molecule has 0 radical (unpaired) electrons. The maximum Gasteiger partial charge on any atom is 0.290 e. The number of benzene rings is 2. The zero-order valence-electron chi connectivity index (χ0n) is 19.7. The lowest BCUT2D eigenvalue weighted by Crippen LogP contribution is -2.58. The van der Waals surface area contributed by atoms with Gasteiger partial charge in [0.15, 0.2) is 0 Å². The third-order valence-electron chi connectivity index (χ3n) is 6.31. The van der Waals surface area contributed by atoms with Gasteiger partial charge in [-0.05, 0) is 26.0 Å². The Bertz CT molecular complexity index is 1230. The van der Waals surface area contributed by atoms with Crippen LogP contribution in [0, 0.1) is 6.92 Å². The molecule has 10 heteroatoms. The fourth-order valence-electron chi connectivity index (χ4n) is 4.17. The second-order valence-electron chi connectivity index (χ2n) is 8.67. The van der Waals surface area contributed by atoms with Crippen molar-refractivity contribution in [2.45, 2.75) is 19.9 Å². The smallest absolute Gasteiger partial charge is 0.290 e. The van der Waals surface area contributed by atoms with Crippen LogP contribution >= 0.6 is 0 Å². The van der Waals surface area contributed by atoms with E-state index in [4.69, 9.17) is 4.52 Å². The Hall–Kier alpha value is -4.05. The SMILES string of the molecule is Cc1ccc(N2NC(C(=O)N3CCN(C(C)c4nc(-c5ccccc5)no4)CC3)=NCC2=O)cc1. The summed E-state index contributed by atoms with van der Waals surface area (Å²) < 4.78 is 5.52. The predicted molar refractivity (Wildman–Crippen MR) is 130 cm³/mol. The lowest BCUT2D eigenvalue weighted by atomic mass is 10.2. The van der Waals surface area contributed by atoms with Gasteiger partial charge in [0, 0.05) is 31.7 Å². The summed E-state index contributed by atoms with van der Waals surface area (Å²) in [5.41, 5.74) is 5.58. The Kier molecular flexibility index (Phi) is 6.28. The molecule has 35 heavy (non-hydrogen) atoms. The molecule has 0 bridgehead atoms. The van der Waals surface area contributed by atoms with Gasteiger partial charge in [0.2, 0.25) is 17.6 Å². The average Bonchev–Trinajstić information content (AvgIpc) is 3.40. The Balaban J connectivity index is 1.19. The first-order chi connectivity index (χ1) is 17.0. The van der Waals surface area contributed by atoms with E-state index in [9.17, 15) is 9.59 Å².